The molecule has 0 aliphatic carbocycles. The second-order valence-electron chi connectivity index (χ2n) is 5.26. The summed E-state index contributed by atoms with van der Waals surface area (Å²) in [5.41, 5.74) is 0. The zero-order valence-electron chi connectivity index (χ0n) is 14.8. The molecule has 0 N–H and O–H groups in total. The smallest absolute Gasteiger partial charge is 0.303 e. The van der Waals surface area contributed by atoms with Crippen molar-refractivity contribution < 1.29 is 42.7 Å². The van der Waals surface area contributed by atoms with Crippen molar-refractivity contribution in [3.8, 4) is 0 Å². The van der Waals surface area contributed by atoms with E-state index in [4.69, 9.17) is 33.2 Å². The van der Waals surface area contributed by atoms with Gasteiger partial charge < -0.3 is 33.2 Å². The molecule has 9 heteroatoms. The van der Waals surface area contributed by atoms with E-state index in [1.165, 1.54) is 42.3 Å². The summed E-state index contributed by atoms with van der Waals surface area (Å²) in [4.78, 5) is 22.5. The molecule has 1 saturated heterocycles. The lowest BCUT2D eigenvalue weighted by Gasteiger charge is -2.45. The van der Waals surface area contributed by atoms with Gasteiger partial charge in [-0.3, -0.25) is 9.59 Å². The van der Waals surface area contributed by atoms with E-state index < -0.39 is 48.7 Å². The van der Waals surface area contributed by atoms with Crippen LogP contribution in [0, 0.1) is 0 Å². The first kappa shape index (κ1) is 20.8. The highest BCUT2D eigenvalue weighted by atomic mass is 16.7. The van der Waals surface area contributed by atoms with E-state index in [1.807, 2.05) is 0 Å². The average Bonchev–Trinajstić information content (AvgIpc) is 2.54. The Morgan fingerprint density at radius 1 is 0.917 bits per heavy atom. The predicted molar refractivity (Wildman–Crippen MR) is 80.2 cm³/mol. The fraction of sp³-hybridized carbons (Fsp3) is 0.867. The third kappa shape index (κ3) is 5.12. The van der Waals surface area contributed by atoms with Crippen LogP contribution in [-0.4, -0.2) is 83.8 Å². The molecular weight excluding hydrogens is 324 g/mol. The molecule has 6 atom stereocenters. The molecule has 0 spiro atoms. The van der Waals surface area contributed by atoms with Crippen molar-refractivity contribution in [2.75, 3.05) is 35.0 Å². The van der Waals surface area contributed by atoms with Crippen LogP contribution in [0.15, 0.2) is 0 Å². The lowest BCUT2D eigenvalue weighted by atomic mass is 9.94. The highest BCUT2D eigenvalue weighted by molar-refractivity contribution is 5.66. The molecule has 1 aliphatic heterocycles. The summed E-state index contributed by atoms with van der Waals surface area (Å²) in [7, 11) is 5.81. The van der Waals surface area contributed by atoms with E-state index >= 15 is 0 Å². The minimum absolute atomic E-state index is 0.0444. The van der Waals surface area contributed by atoms with Crippen LogP contribution in [0.2, 0.25) is 0 Å². The quantitative estimate of drug-likeness (QED) is 0.556. The first-order chi connectivity index (χ1) is 11.4. The topological polar surface area (TPSA) is 98.8 Å². The van der Waals surface area contributed by atoms with Gasteiger partial charge in [-0.15, -0.1) is 0 Å². The monoisotopic (exact) mass is 350 g/mol. The lowest BCUT2D eigenvalue weighted by Crippen LogP contribution is -2.64. The normalized spacial score (nSPS) is 31.3. The molecule has 1 rings (SSSR count). The van der Waals surface area contributed by atoms with Crippen molar-refractivity contribution in [2.45, 2.75) is 50.7 Å². The summed E-state index contributed by atoms with van der Waals surface area (Å²) in [6, 6.07) is 0. The van der Waals surface area contributed by atoms with Gasteiger partial charge in [0.05, 0.1) is 0 Å². The van der Waals surface area contributed by atoms with Gasteiger partial charge in [0.15, 0.2) is 12.4 Å². The molecule has 1 heterocycles. The molecule has 0 aromatic rings. The second-order valence-corrected chi connectivity index (χ2v) is 5.26. The molecule has 0 radical (unpaired) electrons. The Hall–Kier alpha value is -1.26. The van der Waals surface area contributed by atoms with Crippen molar-refractivity contribution in [3.63, 3.8) is 0 Å². The van der Waals surface area contributed by atoms with Gasteiger partial charge in [0.1, 0.15) is 31.0 Å². The fourth-order valence-corrected chi connectivity index (χ4v) is 2.66. The molecule has 1 aliphatic rings. The van der Waals surface area contributed by atoms with Crippen molar-refractivity contribution in [1.29, 1.82) is 0 Å². The Labute approximate surface area is 141 Å². The second kappa shape index (κ2) is 9.90. The van der Waals surface area contributed by atoms with Gasteiger partial charge in [-0.05, 0) is 0 Å². The molecule has 9 nitrogen and oxygen atoms in total. The average molecular weight is 350 g/mol. The number of methoxy groups -OCH3 is 4. The molecule has 140 valence electrons. The van der Waals surface area contributed by atoms with Crippen molar-refractivity contribution in [1.82, 2.24) is 0 Å². The standard InChI is InChI=1S/C15H26O9/c1-8(16)22-7-10(18-3)11-12(19-4)13(23-9(2)17)14(20-5)15(21-6)24-11/h10-15H,7H2,1-6H3/t10-,11-,12-,13+,14-,15+/m1/s1. The van der Waals surface area contributed by atoms with Crippen LogP contribution < -0.4 is 0 Å². The Balaban J connectivity index is 3.07. The molecular formula is C15H26O9. The Morgan fingerprint density at radius 3 is 1.96 bits per heavy atom. The van der Waals surface area contributed by atoms with E-state index in [-0.39, 0.29) is 6.61 Å². The summed E-state index contributed by atoms with van der Waals surface area (Å²) in [6.07, 6.45) is -4.34. The molecule has 24 heavy (non-hydrogen) atoms. The van der Waals surface area contributed by atoms with Crippen LogP contribution in [0.5, 0.6) is 0 Å². The first-order valence-electron chi connectivity index (χ1n) is 7.46. The number of hydrogen-bond acceptors (Lipinski definition) is 9. The molecule has 0 aromatic carbocycles. The SMILES string of the molecule is CO[C@H]1O[C@H]([C@@H](COC(C)=O)OC)[C@@H](OC)[C@H](OC(C)=O)[C@H]1OC. The third-order valence-electron chi connectivity index (χ3n) is 3.73. The number of esters is 2. The third-order valence-corrected chi connectivity index (χ3v) is 3.73. The Bertz CT molecular complexity index is 414. The maximum absolute atomic E-state index is 11.5. The molecule has 0 amide bonds. The number of carbonyl (C=O) groups is 2. The minimum atomic E-state index is -0.814. The summed E-state index contributed by atoms with van der Waals surface area (Å²) < 4.78 is 37.7. The van der Waals surface area contributed by atoms with Crippen LogP contribution in [0.3, 0.4) is 0 Å². The van der Waals surface area contributed by atoms with Crippen molar-refractivity contribution in [2.24, 2.45) is 0 Å². The van der Waals surface area contributed by atoms with Crippen LogP contribution in [0.1, 0.15) is 13.8 Å². The molecule has 0 bridgehead atoms. The summed E-state index contributed by atoms with van der Waals surface area (Å²) in [5.74, 6) is -0.940. The van der Waals surface area contributed by atoms with Gasteiger partial charge in [-0.1, -0.05) is 0 Å². The van der Waals surface area contributed by atoms with E-state index in [0.717, 1.165) is 0 Å². The molecule has 0 aromatic heterocycles. The van der Waals surface area contributed by atoms with Gasteiger partial charge in [0, 0.05) is 42.3 Å². The maximum Gasteiger partial charge on any atom is 0.303 e. The highest BCUT2D eigenvalue weighted by Gasteiger charge is 2.51. The van der Waals surface area contributed by atoms with Gasteiger partial charge in [-0.25, -0.2) is 0 Å². The van der Waals surface area contributed by atoms with Crippen molar-refractivity contribution >= 4 is 11.9 Å². The number of carbonyl (C=O) groups excluding carboxylic acids is 2. The molecule has 0 saturated carbocycles. The summed E-state index contributed by atoms with van der Waals surface area (Å²) in [5, 5.41) is 0. The number of rotatable bonds is 8. The van der Waals surface area contributed by atoms with Gasteiger partial charge in [0.2, 0.25) is 0 Å². The zero-order chi connectivity index (χ0) is 18.3. The predicted octanol–water partition coefficient (Wildman–Crippen LogP) is -0.102. The van der Waals surface area contributed by atoms with Crippen LogP contribution >= 0.6 is 0 Å². The minimum Gasteiger partial charge on any atom is -0.463 e. The van der Waals surface area contributed by atoms with E-state index in [1.54, 1.807) is 0 Å². The van der Waals surface area contributed by atoms with Gasteiger partial charge in [0.25, 0.3) is 0 Å². The van der Waals surface area contributed by atoms with E-state index in [9.17, 15) is 9.59 Å². The van der Waals surface area contributed by atoms with E-state index in [0.29, 0.717) is 0 Å². The lowest BCUT2D eigenvalue weighted by molar-refractivity contribution is -0.316. The van der Waals surface area contributed by atoms with Crippen LogP contribution in [0.25, 0.3) is 0 Å². The van der Waals surface area contributed by atoms with Crippen LogP contribution in [0.4, 0.5) is 0 Å². The largest absolute Gasteiger partial charge is 0.463 e. The molecule has 0 unspecified atom stereocenters. The van der Waals surface area contributed by atoms with Crippen LogP contribution in [-0.2, 0) is 42.7 Å². The highest BCUT2D eigenvalue weighted by Crippen LogP contribution is 2.30. The fourth-order valence-electron chi connectivity index (χ4n) is 2.66. The Morgan fingerprint density at radius 2 is 1.54 bits per heavy atom. The Kier molecular flexibility index (Phi) is 8.57. The van der Waals surface area contributed by atoms with Gasteiger partial charge in [-0.2, -0.15) is 0 Å². The van der Waals surface area contributed by atoms with Crippen molar-refractivity contribution in [3.05, 3.63) is 0 Å². The summed E-state index contributed by atoms with van der Waals surface area (Å²) in [6.45, 7) is 2.54. The maximum atomic E-state index is 11.5. The number of hydrogen-bond donors (Lipinski definition) is 0. The zero-order valence-corrected chi connectivity index (χ0v) is 14.8. The van der Waals surface area contributed by atoms with Gasteiger partial charge >= 0.3 is 11.9 Å². The summed E-state index contributed by atoms with van der Waals surface area (Å²) >= 11 is 0. The van der Waals surface area contributed by atoms with E-state index in [2.05, 4.69) is 0 Å². The number of ether oxygens (including phenoxy) is 7. The first-order valence-corrected chi connectivity index (χ1v) is 7.46. The molecule has 1 fully saturated rings.